The molecular weight excluding hydrogens is 290 g/mol. The maximum Gasteiger partial charge on any atom is 0.136 e. The number of aryl methyl sites for hydroxylation is 2. The quantitative estimate of drug-likeness (QED) is 0.861. The number of nitrogen functional groups attached to an aromatic ring is 1. The third-order valence-electron chi connectivity index (χ3n) is 2.84. The molecule has 0 radical (unpaired) electrons. The average Bonchev–Trinajstić information content (AvgIpc) is 2.34. The molecule has 0 saturated heterocycles. The summed E-state index contributed by atoms with van der Waals surface area (Å²) < 4.78 is 6.73. The van der Waals surface area contributed by atoms with Gasteiger partial charge in [-0.2, -0.15) is 0 Å². The van der Waals surface area contributed by atoms with Crippen molar-refractivity contribution in [2.45, 2.75) is 20.5 Å². The maximum absolute atomic E-state index is 5.81. The van der Waals surface area contributed by atoms with Crippen molar-refractivity contribution < 1.29 is 4.74 Å². The Balaban J connectivity index is 2.16. The van der Waals surface area contributed by atoms with E-state index in [-0.39, 0.29) is 0 Å². The second-order valence-corrected chi connectivity index (χ2v) is 5.26. The minimum Gasteiger partial charge on any atom is -0.488 e. The van der Waals surface area contributed by atoms with Crippen LogP contribution in [-0.4, -0.2) is 0 Å². The molecule has 2 N–H and O–H groups in total. The Bertz CT molecular complexity index is 515. The van der Waals surface area contributed by atoms with Gasteiger partial charge in [-0.3, -0.25) is 0 Å². The van der Waals surface area contributed by atoms with Crippen LogP contribution in [0.2, 0.25) is 0 Å². The number of ether oxygens (including phenoxy) is 1. The summed E-state index contributed by atoms with van der Waals surface area (Å²) in [7, 11) is 0. The Morgan fingerprint density at radius 3 is 2.67 bits per heavy atom. The molecule has 2 aromatic rings. The van der Waals surface area contributed by atoms with E-state index in [1.807, 2.05) is 18.2 Å². The molecule has 0 saturated carbocycles. The number of hydrogen-bond acceptors (Lipinski definition) is 2. The molecule has 0 amide bonds. The minimum atomic E-state index is 0.551. The van der Waals surface area contributed by atoms with Crippen molar-refractivity contribution in [3.63, 3.8) is 0 Å². The van der Waals surface area contributed by atoms with Crippen LogP contribution < -0.4 is 10.5 Å². The molecule has 0 aliphatic heterocycles. The van der Waals surface area contributed by atoms with Crippen molar-refractivity contribution in [3.8, 4) is 5.75 Å². The largest absolute Gasteiger partial charge is 0.488 e. The number of halogens is 1. The van der Waals surface area contributed by atoms with Crippen LogP contribution in [0.1, 0.15) is 16.7 Å². The van der Waals surface area contributed by atoms with E-state index >= 15 is 0 Å². The molecule has 0 aliphatic rings. The molecule has 0 spiro atoms. The first-order chi connectivity index (χ1) is 8.56. The van der Waals surface area contributed by atoms with E-state index in [0.29, 0.717) is 12.3 Å². The van der Waals surface area contributed by atoms with Gasteiger partial charge in [0.2, 0.25) is 0 Å². The Hall–Kier alpha value is -1.48. The van der Waals surface area contributed by atoms with Gasteiger partial charge in [0.25, 0.3) is 0 Å². The molecule has 94 valence electrons. The summed E-state index contributed by atoms with van der Waals surface area (Å²) in [5.74, 6) is 0.774. The molecular formula is C15H16BrNO. The van der Waals surface area contributed by atoms with Crippen molar-refractivity contribution in [1.82, 2.24) is 0 Å². The minimum absolute atomic E-state index is 0.551. The maximum atomic E-state index is 5.81. The van der Waals surface area contributed by atoms with E-state index in [4.69, 9.17) is 10.5 Å². The first-order valence-corrected chi connectivity index (χ1v) is 6.59. The second kappa shape index (κ2) is 5.44. The van der Waals surface area contributed by atoms with E-state index < -0.39 is 0 Å². The lowest BCUT2D eigenvalue weighted by Gasteiger charge is -2.11. The van der Waals surface area contributed by atoms with E-state index in [9.17, 15) is 0 Å². The molecule has 0 aromatic heterocycles. The lowest BCUT2D eigenvalue weighted by atomic mass is 10.1. The molecule has 0 atom stereocenters. The van der Waals surface area contributed by atoms with E-state index in [1.54, 1.807) is 0 Å². The fourth-order valence-electron chi connectivity index (χ4n) is 1.74. The molecule has 0 fully saturated rings. The fourth-order valence-corrected chi connectivity index (χ4v) is 2.10. The van der Waals surface area contributed by atoms with Crippen LogP contribution in [0.3, 0.4) is 0 Å². The normalized spacial score (nSPS) is 10.4. The van der Waals surface area contributed by atoms with Gasteiger partial charge in [-0.25, -0.2) is 0 Å². The summed E-state index contributed by atoms with van der Waals surface area (Å²) in [6.07, 6.45) is 0. The number of nitrogens with two attached hydrogens (primary N) is 1. The first kappa shape index (κ1) is 13.0. The fraction of sp³-hybridized carbons (Fsp3) is 0.200. The number of hydrogen-bond donors (Lipinski definition) is 1. The van der Waals surface area contributed by atoms with Crippen LogP contribution >= 0.6 is 15.9 Å². The van der Waals surface area contributed by atoms with Crippen molar-refractivity contribution in [3.05, 3.63) is 57.6 Å². The summed E-state index contributed by atoms with van der Waals surface area (Å²) in [5, 5.41) is 0. The molecule has 0 bridgehead atoms. The van der Waals surface area contributed by atoms with Gasteiger partial charge in [0.15, 0.2) is 0 Å². The monoisotopic (exact) mass is 305 g/mol. The highest BCUT2D eigenvalue weighted by Gasteiger charge is 2.04. The summed E-state index contributed by atoms with van der Waals surface area (Å²) >= 11 is 3.46. The standard InChI is InChI=1S/C15H16BrNO/c1-10-3-4-11(2)12(7-10)9-18-15-8-13(17)5-6-14(15)16/h3-8H,9,17H2,1-2H3. The van der Waals surface area contributed by atoms with Gasteiger partial charge in [-0.1, -0.05) is 23.8 Å². The molecule has 2 nitrogen and oxygen atoms in total. The summed E-state index contributed by atoms with van der Waals surface area (Å²) in [5.41, 5.74) is 10.1. The zero-order valence-corrected chi connectivity index (χ0v) is 12.1. The number of anilines is 1. The van der Waals surface area contributed by atoms with Crippen molar-refractivity contribution in [2.24, 2.45) is 0 Å². The summed E-state index contributed by atoms with van der Waals surface area (Å²) in [6.45, 7) is 4.72. The topological polar surface area (TPSA) is 35.2 Å². The highest BCUT2D eigenvalue weighted by Crippen LogP contribution is 2.28. The smallest absolute Gasteiger partial charge is 0.136 e. The van der Waals surface area contributed by atoms with Crippen molar-refractivity contribution in [1.29, 1.82) is 0 Å². The predicted molar refractivity (Wildman–Crippen MR) is 78.8 cm³/mol. The van der Waals surface area contributed by atoms with Crippen LogP contribution in [0.5, 0.6) is 5.75 Å². The van der Waals surface area contributed by atoms with Crippen LogP contribution in [0.4, 0.5) is 5.69 Å². The molecule has 2 aromatic carbocycles. The van der Waals surface area contributed by atoms with Gasteiger partial charge in [-0.05, 0) is 53.0 Å². The van der Waals surface area contributed by atoms with Gasteiger partial charge in [0.1, 0.15) is 12.4 Å². The van der Waals surface area contributed by atoms with Gasteiger partial charge in [0, 0.05) is 11.8 Å². The Labute approximate surface area is 116 Å². The molecule has 3 heteroatoms. The van der Waals surface area contributed by atoms with E-state index in [1.165, 1.54) is 16.7 Å². The third-order valence-corrected chi connectivity index (χ3v) is 3.50. The van der Waals surface area contributed by atoms with Crippen molar-refractivity contribution in [2.75, 3.05) is 5.73 Å². The van der Waals surface area contributed by atoms with Crippen LogP contribution in [0.15, 0.2) is 40.9 Å². The zero-order valence-electron chi connectivity index (χ0n) is 10.5. The third kappa shape index (κ3) is 3.05. The summed E-state index contributed by atoms with van der Waals surface area (Å²) in [6, 6.07) is 11.9. The Morgan fingerprint density at radius 1 is 1.11 bits per heavy atom. The Kier molecular flexibility index (Phi) is 3.92. The second-order valence-electron chi connectivity index (χ2n) is 4.41. The van der Waals surface area contributed by atoms with E-state index in [0.717, 1.165) is 10.2 Å². The van der Waals surface area contributed by atoms with Gasteiger partial charge in [-0.15, -0.1) is 0 Å². The lowest BCUT2D eigenvalue weighted by Crippen LogP contribution is -1.99. The van der Waals surface area contributed by atoms with Crippen LogP contribution in [0, 0.1) is 13.8 Å². The number of benzene rings is 2. The Morgan fingerprint density at radius 2 is 1.89 bits per heavy atom. The molecule has 0 aliphatic carbocycles. The highest BCUT2D eigenvalue weighted by molar-refractivity contribution is 9.10. The SMILES string of the molecule is Cc1ccc(C)c(COc2cc(N)ccc2Br)c1. The summed E-state index contributed by atoms with van der Waals surface area (Å²) in [4.78, 5) is 0. The van der Waals surface area contributed by atoms with Gasteiger partial charge in [0.05, 0.1) is 4.47 Å². The van der Waals surface area contributed by atoms with Crippen LogP contribution in [0.25, 0.3) is 0 Å². The van der Waals surface area contributed by atoms with Gasteiger partial charge < -0.3 is 10.5 Å². The number of rotatable bonds is 3. The lowest BCUT2D eigenvalue weighted by molar-refractivity contribution is 0.303. The molecule has 0 unspecified atom stereocenters. The predicted octanol–water partition coefficient (Wildman–Crippen LogP) is 4.23. The van der Waals surface area contributed by atoms with Gasteiger partial charge >= 0.3 is 0 Å². The molecule has 2 rings (SSSR count). The average molecular weight is 306 g/mol. The molecule has 0 heterocycles. The molecule has 18 heavy (non-hydrogen) atoms. The van der Waals surface area contributed by atoms with E-state index in [2.05, 4.69) is 48.0 Å². The van der Waals surface area contributed by atoms with Crippen LogP contribution in [-0.2, 0) is 6.61 Å². The van der Waals surface area contributed by atoms with Crippen molar-refractivity contribution >= 4 is 21.6 Å². The first-order valence-electron chi connectivity index (χ1n) is 5.80. The zero-order chi connectivity index (χ0) is 13.1. The highest BCUT2D eigenvalue weighted by atomic mass is 79.9.